The summed E-state index contributed by atoms with van der Waals surface area (Å²) in [7, 11) is 0. The van der Waals surface area contributed by atoms with Crippen LogP contribution in [0.1, 0.15) is 40.5 Å². The maximum atomic E-state index is 11.9. The quantitative estimate of drug-likeness (QED) is 0.703. The molecule has 0 aromatic heterocycles. The molecule has 1 aliphatic rings. The first-order chi connectivity index (χ1) is 8.22. The first-order valence-corrected chi connectivity index (χ1v) is 7.63. The number of piperidine rings is 1. The number of aliphatic hydroxyl groups is 1. The molecule has 0 bridgehead atoms. The van der Waals surface area contributed by atoms with Crippen molar-refractivity contribution in [3.8, 4) is 0 Å². The van der Waals surface area contributed by atoms with Gasteiger partial charge in [-0.3, -0.25) is 4.79 Å². The highest BCUT2D eigenvalue weighted by molar-refractivity contribution is 8.00. The first kappa shape index (κ1) is 15.8. The summed E-state index contributed by atoms with van der Waals surface area (Å²) in [5, 5.41) is 16.8. The highest BCUT2D eigenvalue weighted by Crippen LogP contribution is 2.22. The normalized spacial score (nSPS) is 18.7. The summed E-state index contributed by atoms with van der Waals surface area (Å²) in [6.07, 6.45) is 2.26. The summed E-state index contributed by atoms with van der Waals surface area (Å²) in [5.41, 5.74) is -1.54. The van der Waals surface area contributed by atoms with Gasteiger partial charge in [0, 0.05) is 5.25 Å². The number of thioether (sulfide) groups is 1. The van der Waals surface area contributed by atoms with Crippen LogP contribution in [0.5, 0.6) is 0 Å². The van der Waals surface area contributed by atoms with E-state index in [1.165, 1.54) is 0 Å². The summed E-state index contributed by atoms with van der Waals surface area (Å²) >= 11 is 1.72. The Balaban J connectivity index is 2.33. The molecule has 1 aliphatic heterocycles. The third kappa shape index (κ3) is 4.78. The van der Waals surface area contributed by atoms with Crippen LogP contribution >= 0.6 is 11.8 Å². The van der Waals surface area contributed by atoms with Crippen molar-refractivity contribution < 1.29 is 9.90 Å². The van der Waals surface area contributed by atoms with Crippen LogP contribution in [-0.4, -0.2) is 46.2 Å². The molecular weight excluding hydrogens is 248 g/mol. The second kappa shape index (κ2) is 6.26. The van der Waals surface area contributed by atoms with Gasteiger partial charge in [-0.05, 0) is 53.6 Å². The van der Waals surface area contributed by atoms with Gasteiger partial charge in [-0.15, -0.1) is 11.8 Å². The van der Waals surface area contributed by atoms with Crippen LogP contribution in [0.4, 0.5) is 0 Å². The first-order valence-electron chi connectivity index (χ1n) is 6.58. The molecule has 106 valence electrons. The van der Waals surface area contributed by atoms with E-state index in [4.69, 9.17) is 0 Å². The van der Waals surface area contributed by atoms with E-state index in [0.717, 1.165) is 25.9 Å². The van der Waals surface area contributed by atoms with Gasteiger partial charge >= 0.3 is 0 Å². The van der Waals surface area contributed by atoms with Gasteiger partial charge in [0.1, 0.15) is 0 Å². The van der Waals surface area contributed by atoms with E-state index in [1.54, 1.807) is 25.6 Å². The van der Waals surface area contributed by atoms with Gasteiger partial charge < -0.3 is 15.7 Å². The number of nitrogens with one attached hydrogen (secondary N) is 2. The van der Waals surface area contributed by atoms with Gasteiger partial charge in [-0.2, -0.15) is 0 Å². The molecule has 0 aromatic carbocycles. The molecule has 0 radical (unpaired) electrons. The van der Waals surface area contributed by atoms with Gasteiger partial charge in [0.05, 0.1) is 16.9 Å². The van der Waals surface area contributed by atoms with E-state index in [2.05, 4.69) is 10.6 Å². The van der Waals surface area contributed by atoms with Crippen molar-refractivity contribution >= 4 is 17.7 Å². The predicted molar refractivity (Wildman–Crippen MR) is 76.9 cm³/mol. The van der Waals surface area contributed by atoms with Crippen LogP contribution in [0.25, 0.3) is 0 Å². The molecule has 0 unspecified atom stereocenters. The van der Waals surface area contributed by atoms with Crippen molar-refractivity contribution in [1.29, 1.82) is 0 Å². The van der Waals surface area contributed by atoms with Crippen molar-refractivity contribution in [2.75, 3.05) is 18.8 Å². The summed E-state index contributed by atoms with van der Waals surface area (Å²) < 4.78 is 0. The Kier molecular flexibility index (Phi) is 5.49. The number of hydrogen-bond donors (Lipinski definition) is 3. The molecule has 0 saturated carbocycles. The molecular formula is C13H26N2O2S. The van der Waals surface area contributed by atoms with Gasteiger partial charge in [0.25, 0.3) is 0 Å². The van der Waals surface area contributed by atoms with Gasteiger partial charge in [0.15, 0.2) is 0 Å². The molecule has 5 heteroatoms. The zero-order valence-corrected chi connectivity index (χ0v) is 12.7. The zero-order chi connectivity index (χ0) is 13.8. The van der Waals surface area contributed by atoms with Crippen LogP contribution < -0.4 is 10.6 Å². The lowest BCUT2D eigenvalue weighted by Gasteiger charge is -2.38. The van der Waals surface area contributed by atoms with Crippen LogP contribution in [0.2, 0.25) is 0 Å². The number of hydrogen-bond acceptors (Lipinski definition) is 4. The maximum Gasteiger partial charge on any atom is 0.230 e. The summed E-state index contributed by atoms with van der Waals surface area (Å²) in [6.45, 7) is 9.23. The Labute approximate surface area is 114 Å². The summed E-state index contributed by atoms with van der Waals surface area (Å²) in [6, 6.07) is 0. The van der Waals surface area contributed by atoms with Crippen molar-refractivity contribution in [1.82, 2.24) is 10.6 Å². The highest BCUT2D eigenvalue weighted by atomic mass is 32.2. The molecule has 18 heavy (non-hydrogen) atoms. The third-order valence-electron chi connectivity index (χ3n) is 3.72. The standard InChI is InChI=1S/C13H26N2O2S/c1-12(2,13(3,4)17)15-11(16)9-18-10-5-7-14-8-6-10/h10,14,17H,5-9H2,1-4H3,(H,15,16). The Morgan fingerprint density at radius 1 is 1.33 bits per heavy atom. The van der Waals surface area contributed by atoms with E-state index in [9.17, 15) is 9.90 Å². The Morgan fingerprint density at radius 3 is 2.39 bits per heavy atom. The largest absolute Gasteiger partial charge is 0.388 e. The molecule has 4 nitrogen and oxygen atoms in total. The number of rotatable bonds is 5. The fraction of sp³-hybridized carbons (Fsp3) is 0.923. The van der Waals surface area contributed by atoms with Crippen molar-refractivity contribution in [3.63, 3.8) is 0 Å². The average molecular weight is 274 g/mol. The third-order valence-corrected chi connectivity index (χ3v) is 5.09. The monoisotopic (exact) mass is 274 g/mol. The molecule has 0 aliphatic carbocycles. The molecule has 1 rings (SSSR count). The molecule has 1 fully saturated rings. The molecule has 1 saturated heterocycles. The van der Waals surface area contributed by atoms with Crippen molar-refractivity contribution in [2.45, 2.75) is 56.9 Å². The summed E-state index contributed by atoms with van der Waals surface area (Å²) in [5.74, 6) is 0.482. The molecule has 0 spiro atoms. The van der Waals surface area contributed by atoms with Crippen LogP contribution in [0.3, 0.4) is 0 Å². The average Bonchev–Trinajstić information content (AvgIpc) is 2.26. The molecule has 1 heterocycles. The van der Waals surface area contributed by atoms with Crippen LogP contribution in [-0.2, 0) is 4.79 Å². The van der Waals surface area contributed by atoms with E-state index >= 15 is 0 Å². The number of carbonyl (C=O) groups excluding carboxylic acids is 1. The minimum absolute atomic E-state index is 0.00524. The number of carbonyl (C=O) groups is 1. The van der Waals surface area contributed by atoms with Gasteiger partial charge in [-0.1, -0.05) is 0 Å². The van der Waals surface area contributed by atoms with E-state index < -0.39 is 11.1 Å². The minimum Gasteiger partial charge on any atom is -0.388 e. The SMILES string of the molecule is CC(C)(O)C(C)(C)NC(=O)CSC1CCNCC1. The molecule has 3 N–H and O–H groups in total. The zero-order valence-electron chi connectivity index (χ0n) is 11.9. The Hall–Kier alpha value is -0.260. The van der Waals surface area contributed by atoms with Gasteiger partial charge in [0.2, 0.25) is 5.91 Å². The van der Waals surface area contributed by atoms with Crippen molar-refractivity contribution in [2.24, 2.45) is 0 Å². The number of amides is 1. The lowest BCUT2D eigenvalue weighted by atomic mass is 9.86. The second-order valence-corrected chi connectivity index (χ2v) is 7.28. The summed E-state index contributed by atoms with van der Waals surface area (Å²) in [4.78, 5) is 11.9. The smallest absolute Gasteiger partial charge is 0.230 e. The Bertz CT molecular complexity index is 281. The minimum atomic E-state index is -0.928. The topological polar surface area (TPSA) is 61.4 Å². The van der Waals surface area contributed by atoms with E-state index in [-0.39, 0.29) is 5.91 Å². The lowest BCUT2D eigenvalue weighted by Crippen LogP contribution is -2.58. The molecule has 0 aromatic rings. The lowest BCUT2D eigenvalue weighted by molar-refractivity contribution is -0.123. The van der Waals surface area contributed by atoms with E-state index in [0.29, 0.717) is 11.0 Å². The fourth-order valence-corrected chi connectivity index (χ4v) is 2.72. The fourth-order valence-electron chi connectivity index (χ4n) is 1.69. The molecule has 1 amide bonds. The maximum absolute atomic E-state index is 11.9. The van der Waals surface area contributed by atoms with Crippen LogP contribution in [0.15, 0.2) is 0 Å². The molecule has 0 atom stereocenters. The second-order valence-electron chi connectivity index (χ2n) is 5.99. The predicted octanol–water partition coefficient (Wildman–Crippen LogP) is 1.14. The van der Waals surface area contributed by atoms with Crippen molar-refractivity contribution in [3.05, 3.63) is 0 Å². The van der Waals surface area contributed by atoms with Crippen LogP contribution in [0, 0.1) is 0 Å². The van der Waals surface area contributed by atoms with Gasteiger partial charge in [-0.25, -0.2) is 0 Å². The Morgan fingerprint density at radius 2 is 1.89 bits per heavy atom. The van der Waals surface area contributed by atoms with E-state index in [1.807, 2.05) is 13.8 Å². The highest BCUT2D eigenvalue weighted by Gasteiger charge is 2.36.